The van der Waals surface area contributed by atoms with E-state index in [1.54, 1.807) is 37.4 Å². The highest BCUT2D eigenvalue weighted by molar-refractivity contribution is 5.95. The number of nitrogens with zero attached hydrogens (tertiary/aromatic N) is 1. The number of nitrogens with one attached hydrogen (secondary N) is 3. The van der Waals surface area contributed by atoms with Gasteiger partial charge in [-0.25, -0.2) is 9.78 Å². The molecule has 0 aliphatic rings. The summed E-state index contributed by atoms with van der Waals surface area (Å²) in [5.74, 6) is 1.02. The van der Waals surface area contributed by atoms with Crippen LogP contribution < -0.4 is 15.8 Å². The summed E-state index contributed by atoms with van der Waals surface area (Å²) in [5, 5.41) is 10.8. The van der Waals surface area contributed by atoms with Gasteiger partial charge in [-0.05, 0) is 68.8 Å². The summed E-state index contributed by atoms with van der Waals surface area (Å²) >= 11 is 0. The fraction of sp³-hybridized carbons (Fsp3) is 0.261. The number of hydrogen-bond acceptors (Lipinski definition) is 6. The average Bonchev–Trinajstić information content (AvgIpc) is 3.19. The SMILES string of the molecule is CCOC(=O)C(Nc1ccc(C(=N)N)cc1)c1cc(OCC)cc(-c2cnc(C)[nH]2)c1. The minimum atomic E-state index is -0.758. The fourth-order valence-electron chi connectivity index (χ4n) is 3.18. The van der Waals surface area contributed by atoms with E-state index in [0.29, 0.717) is 29.2 Å². The first kappa shape index (κ1) is 21.9. The van der Waals surface area contributed by atoms with Gasteiger partial charge in [0.2, 0.25) is 0 Å². The molecule has 0 saturated heterocycles. The number of benzene rings is 2. The summed E-state index contributed by atoms with van der Waals surface area (Å²) in [6.45, 7) is 6.31. The fourth-order valence-corrected chi connectivity index (χ4v) is 3.18. The van der Waals surface area contributed by atoms with Crippen LogP contribution in [0.25, 0.3) is 11.3 Å². The predicted octanol–water partition coefficient (Wildman–Crippen LogP) is 3.78. The number of aromatic amines is 1. The summed E-state index contributed by atoms with van der Waals surface area (Å²) in [6.07, 6.45) is 1.75. The zero-order valence-electron chi connectivity index (χ0n) is 17.9. The number of amidine groups is 1. The normalized spacial score (nSPS) is 11.6. The lowest BCUT2D eigenvalue weighted by Gasteiger charge is -2.20. The summed E-state index contributed by atoms with van der Waals surface area (Å²) < 4.78 is 11.1. The van der Waals surface area contributed by atoms with E-state index >= 15 is 0 Å². The number of rotatable bonds is 9. The molecule has 1 atom stereocenters. The zero-order chi connectivity index (χ0) is 22.4. The van der Waals surface area contributed by atoms with Crippen LogP contribution in [0.5, 0.6) is 5.75 Å². The van der Waals surface area contributed by atoms with Crippen LogP contribution in [0.15, 0.2) is 48.7 Å². The largest absolute Gasteiger partial charge is 0.494 e. The van der Waals surface area contributed by atoms with Crippen molar-refractivity contribution in [2.75, 3.05) is 18.5 Å². The van der Waals surface area contributed by atoms with Crippen molar-refractivity contribution in [3.8, 4) is 17.0 Å². The Kier molecular flexibility index (Phi) is 6.92. The summed E-state index contributed by atoms with van der Waals surface area (Å²) in [5.41, 5.74) is 9.21. The molecule has 1 unspecified atom stereocenters. The number of esters is 1. The molecule has 8 nitrogen and oxygen atoms in total. The first-order valence-electron chi connectivity index (χ1n) is 10.1. The van der Waals surface area contributed by atoms with Gasteiger partial charge in [-0.15, -0.1) is 0 Å². The third-order valence-electron chi connectivity index (χ3n) is 4.62. The molecule has 0 aliphatic carbocycles. The number of carbonyl (C=O) groups is 1. The van der Waals surface area contributed by atoms with Crippen LogP contribution in [-0.2, 0) is 9.53 Å². The van der Waals surface area contributed by atoms with Gasteiger partial charge in [0.1, 0.15) is 17.4 Å². The first-order valence-corrected chi connectivity index (χ1v) is 10.1. The molecule has 0 amide bonds. The number of aryl methyl sites for hydroxylation is 1. The number of nitrogens with two attached hydrogens (primary N) is 1. The van der Waals surface area contributed by atoms with Crippen LogP contribution in [-0.4, -0.2) is 35.0 Å². The molecule has 162 valence electrons. The van der Waals surface area contributed by atoms with E-state index < -0.39 is 12.0 Å². The number of anilines is 1. The van der Waals surface area contributed by atoms with Gasteiger partial charge < -0.3 is 25.5 Å². The highest BCUT2D eigenvalue weighted by Gasteiger charge is 2.24. The van der Waals surface area contributed by atoms with E-state index in [4.69, 9.17) is 20.6 Å². The van der Waals surface area contributed by atoms with Crippen molar-refractivity contribution in [2.45, 2.75) is 26.8 Å². The number of aromatic nitrogens is 2. The molecule has 2 aromatic carbocycles. The lowest BCUT2D eigenvalue weighted by molar-refractivity contribution is -0.144. The van der Waals surface area contributed by atoms with Gasteiger partial charge in [0.05, 0.1) is 25.1 Å². The molecule has 8 heteroatoms. The van der Waals surface area contributed by atoms with E-state index in [2.05, 4.69) is 15.3 Å². The van der Waals surface area contributed by atoms with Crippen molar-refractivity contribution in [3.63, 3.8) is 0 Å². The van der Waals surface area contributed by atoms with Gasteiger partial charge in [0.25, 0.3) is 0 Å². The summed E-state index contributed by atoms with van der Waals surface area (Å²) in [7, 11) is 0. The van der Waals surface area contributed by atoms with Crippen LogP contribution >= 0.6 is 0 Å². The lowest BCUT2D eigenvalue weighted by atomic mass is 10.0. The maximum Gasteiger partial charge on any atom is 0.333 e. The number of hydrogen-bond donors (Lipinski definition) is 4. The minimum Gasteiger partial charge on any atom is -0.494 e. The Bertz CT molecular complexity index is 1060. The lowest BCUT2D eigenvalue weighted by Crippen LogP contribution is -2.23. The molecule has 31 heavy (non-hydrogen) atoms. The van der Waals surface area contributed by atoms with Crippen molar-refractivity contribution in [2.24, 2.45) is 5.73 Å². The molecular weight excluding hydrogens is 394 g/mol. The van der Waals surface area contributed by atoms with E-state index in [1.165, 1.54) is 0 Å². The average molecular weight is 422 g/mol. The highest BCUT2D eigenvalue weighted by atomic mass is 16.5. The van der Waals surface area contributed by atoms with Crippen molar-refractivity contribution in [3.05, 3.63) is 65.6 Å². The monoisotopic (exact) mass is 421 g/mol. The number of H-pyrrole nitrogens is 1. The molecule has 0 aliphatic heterocycles. The molecule has 0 radical (unpaired) electrons. The summed E-state index contributed by atoms with van der Waals surface area (Å²) in [4.78, 5) is 20.3. The van der Waals surface area contributed by atoms with Crippen molar-refractivity contribution >= 4 is 17.5 Å². The Hall–Kier alpha value is -3.81. The van der Waals surface area contributed by atoms with Gasteiger partial charge in [-0.1, -0.05) is 0 Å². The Balaban J connectivity index is 2.01. The maximum atomic E-state index is 12.8. The minimum absolute atomic E-state index is 0.0163. The third-order valence-corrected chi connectivity index (χ3v) is 4.62. The van der Waals surface area contributed by atoms with E-state index in [-0.39, 0.29) is 12.4 Å². The molecule has 5 N–H and O–H groups in total. The van der Waals surface area contributed by atoms with Crippen molar-refractivity contribution in [1.82, 2.24) is 9.97 Å². The molecular formula is C23H27N5O3. The van der Waals surface area contributed by atoms with E-state index in [1.807, 2.05) is 32.0 Å². The second kappa shape index (κ2) is 9.80. The topological polar surface area (TPSA) is 126 Å². The van der Waals surface area contributed by atoms with Gasteiger partial charge >= 0.3 is 5.97 Å². The number of nitrogen functional groups attached to an aromatic ring is 1. The standard InChI is InChI=1S/C23H27N5O3/c1-4-30-19-11-16(20-13-26-14(3)27-20)10-17(12-19)21(23(29)31-5-2)28-18-8-6-15(7-9-18)22(24)25/h6-13,21,28H,4-5H2,1-3H3,(H3,24,25)(H,26,27). The number of imidazole rings is 1. The molecule has 0 saturated carbocycles. The number of carbonyl (C=O) groups excluding carboxylic acids is 1. The molecule has 0 spiro atoms. The zero-order valence-corrected chi connectivity index (χ0v) is 17.9. The predicted molar refractivity (Wildman–Crippen MR) is 120 cm³/mol. The van der Waals surface area contributed by atoms with Crippen LogP contribution in [0.4, 0.5) is 5.69 Å². The van der Waals surface area contributed by atoms with E-state index in [0.717, 1.165) is 17.1 Å². The Morgan fingerprint density at radius 3 is 2.52 bits per heavy atom. The van der Waals surface area contributed by atoms with E-state index in [9.17, 15) is 4.79 Å². The quantitative estimate of drug-likeness (QED) is 0.237. The van der Waals surface area contributed by atoms with Crippen LogP contribution in [0.2, 0.25) is 0 Å². The molecule has 0 fully saturated rings. The van der Waals surface area contributed by atoms with Gasteiger partial charge in [-0.2, -0.15) is 0 Å². The third kappa shape index (κ3) is 5.42. The maximum absolute atomic E-state index is 12.8. The summed E-state index contributed by atoms with van der Waals surface area (Å²) in [6, 6.07) is 11.9. The Morgan fingerprint density at radius 2 is 1.94 bits per heavy atom. The van der Waals surface area contributed by atoms with Crippen LogP contribution in [0, 0.1) is 12.3 Å². The van der Waals surface area contributed by atoms with Crippen LogP contribution in [0.1, 0.15) is 36.8 Å². The highest BCUT2D eigenvalue weighted by Crippen LogP contribution is 2.31. The Morgan fingerprint density at radius 1 is 1.19 bits per heavy atom. The molecule has 3 aromatic rings. The molecule has 3 rings (SSSR count). The molecule has 0 bridgehead atoms. The second-order valence-electron chi connectivity index (χ2n) is 6.93. The van der Waals surface area contributed by atoms with Gasteiger partial charge in [0.15, 0.2) is 6.04 Å². The smallest absolute Gasteiger partial charge is 0.333 e. The molecule has 1 heterocycles. The molecule has 1 aromatic heterocycles. The van der Waals surface area contributed by atoms with Crippen molar-refractivity contribution < 1.29 is 14.3 Å². The second-order valence-corrected chi connectivity index (χ2v) is 6.93. The van der Waals surface area contributed by atoms with Gasteiger partial charge in [-0.3, -0.25) is 5.41 Å². The van der Waals surface area contributed by atoms with Crippen LogP contribution in [0.3, 0.4) is 0 Å². The Labute approximate surface area is 181 Å². The van der Waals surface area contributed by atoms with Crippen molar-refractivity contribution in [1.29, 1.82) is 5.41 Å². The number of ether oxygens (including phenoxy) is 2. The first-order chi connectivity index (χ1) is 14.9. The van der Waals surface area contributed by atoms with Gasteiger partial charge in [0, 0.05) is 16.8 Å².